The third-order valence-corrected chi connectivity index (χ3v) is 2.89. The van der Waals surface area contributed by atoms with E-state index < -0.39 is 11.7 Å². The molecule has 0 amide bonds. The van der Waals surface area contributed by atoms with Gasteiger partial charge in [-0.05, 0) is 37.5 Å². The minimum Gasteiger partial charge on any atom is -0.490 e. The molecular formula is C12H14F3NO. The molecule has 94 valence electrons. The Balaban J connectivity index is 2.06. The molecule has 0 radical (unpaired) electrons. The van der Waals surface area contributed by atoms with E-state index in [2.05, 4.69) is 0 Å². The predicted molar refractivity (Wildman–Crippen MR) is 57.7 cm³/mol. The molecule has 2 rings (SSSR count). The number of rotatable bonds is 2. The van der Waals surface area contributed by atoms with E-state index >= 15 is 0 Å². The SMILES string of the molecule is N[C@@H]1CC[C@H](Oc2cccc(C(F)(F)F)c2)C1. The maximum Gasteiger partial charge on any atom is 0.416 e. The minimum atomic E-state index is -4.33. The monoisotopic (exact) mass is 245 g/mol. The Hall–Kier alpha value is -1.23. The number of benzene rings is 1. The molecule has 2 N–H and O–H groups in total. The summed E-state index contributed by atoms with van der Waals surface area (Å²) in [5.41, 5.74) is 5.03. The summed E-state index contributed by atoms with van der Waals surface area (Å²) in [5, 5.41) is 0. The van der Waals surface area contributed by atoms with Gasteiger partial charge in [-0.2, -0.15) is 13.2 Å². The van der Waals surface area contributed by atoms with Crippen LogP contribution in [-0.2, 0) is 6.18 Å². The summed E-state index contributed by atoms with van der Waals surface area (Å²) < 4.78 is 42.9. The van der Waals surface area contributed by atoms with Gasteiger partial charge in [0.05, 0.1) is 5.56 Å². The van der Waals surface area contributed by atoms with E-state index in [1.54, 1.807) is 6.07 Å². The Morgan fingerprint density at radius 1 is 1.24 bits per heavy atom. The van der Waals surface area contributed by atoms with Crippen molar-refractivity contribution in [2.24, 2.45) is 5.73 Å². The molecule has 1 saturated carbocycles. The number of alkyl halides is 3. The topological polar surface area (TPSA) is 35.2 Å². The summed E-state index contributed by atoms with van der Waals surface area (Å²) in [4.78, 5) is 0. The van der Waals surface area contributed by atoms with Crippen LogP contribution in [-0.4, -0.2) is 12.1 Å². The second kappa shape index (κ2) is 4.56. The lowest BCUT2D eigenvalue weighted by Gasteiger charge is -2.15. The fraction of sp³-hybridized carbons (Fsp3) is 0.500. The molecule has 0 heterocycles. The highest BCUT2D eigenvalue weighted by molar-refractivity contribution is 5.30. The first-order valence-corrected chi connectivity index (χ1v) is 5.54. The van der Waals surface area contributed by atoms with Crippen molar-refractivity contribution in [1.29, 1.82) is 0 Å². The highest BCUT2D eigenvalue weighted by atomic mass is 19.4. The van der Waals surface area contributed by atoms with Crippen LogP contribution in [0.1, 0.15) is 24.8 Å². The van der Waals surface area contributed by atoms with Gasteiger partial charge in [0.15, 0.2) is 0 Å². The van der Waals surface area contributed by atoms with E-state index in [0.29, 0.717) is 6.42 Å². The van der Waals surface area contributed by atoms with Gasteiger partial charge in [-0.3, -0.25) is 0 Å². The zero-order valence-corrected chi connectivity index (χ0v) is 9.20. The Bertz CT molecular complexity index is 392. The van der Waals surface area contributed by atoms with Crippen molar-refractivity contribution in [3.8, 4) is 5.75 Å². The van der Waals surface area contributed by atoms with Crippen LogP contribution >= 0.6 is 0 Å². The largest absolute Gasteiger partial charge is 0.490 e. The second-order valence-electron chi connectivity index (χ2n) is 4.34. The van der Waals surface area contributed by atoms with Crippen LogP contribution in [0.2, 0.25) is 0 Å². The van der Waals surface area contributed by atoms with E-state index in [9.17, 15) is 13.2 Å². The summed E-state index contributed by atoms with van der Waals surface area (Å²) >= 11 is 0. The van der Waals surface area contributed by atoms with E-state index in [4.69, 9.17) is 10.5 Å². The van der Waals surface area contributed by atoms with Gasteiger partial charge in [0.25, 0.3) is 0 Å². The summed E-state index contributed by atoms with van der Waals surface area (Å²) in [6, 6.07) is 5.06. The van der Waals surface area contributed by atoms with E-state index in [1.165, 1.54) is 6.07 Å². The fourth-order valence-electron chi connectivity index (χ4n) is 2.02. The zero-order valence-electron chi connectivity index (χ0n) is 9.20. The molecule has 5 heteroatoms. The maximum absolute atomic E-state index is 12.5. The van der Waals surface area contributed by atoms with Gasteiger partial charge >= 0.3 is 6.18 Å². The van der Waals surface area contributed by atoms with Gasteiger partial charge in [0, 0.05) is 6.04 Å². The molecule has 0 spiro atoms. The third kappa shape index (κ3) is 3.12. The van der Waals surface area contributed by atoms with Crippen LogP contribution in [0.4, 0.5) is 13.2 Å². The summed E-state index contributed by atoms with van der Waals surface area (Å²) in [7, 11) is 0. The molecule has 0 aliphatic heterocycles. The number of nitrogens with two attached hydrogens (primary N) is 1. The van der Waals surface area contributed by atoms with Crippen LogP contribution in [0.25, 0.3) is 0 Å². The minimum absolute atomic E-state index is 0.0616. The summed E-state index contributed by atoms with van der Waals surface area (Å²) in [6.07, 6.45) is -2.02. The first kappa shape index (κ1) is 12.2. The average Bonchev–Trinajstić information content (AvgIpc) is 2.63. The molecule has 1 aromatic rings. The first-order chi connectivity index (χ1) is 7.95. The lowest BCUT2D eigenvalue weighted by atomic mass is 10.2. The molecule has 0 unspecified atom stereocenters. The molecule has 2 atom stereocenters. The Kier molecular flexibility index (Phi) is 3.28. The summed E-state index contributed by atoms with van der Waals surface area (Å²) in [6.45, 7) is 0. The van der Waals surface area contributed by atoms with Crippen LogP contribution in [0.15, 0.2) is 24.3 Å². The Morgan fingerprint density at radius 2 is 2.00 bits per heavy atom. The molecular weight excluding hydrogens is 231 g/mol. The Labute approximate surface area is 97.6 Å². The lowest BCUT2D eigenvalue weighted by molar-refractivity contribution is -0.137. The highest BCUT2D eigenvalue weighted by Gasteiger charge is 2.31. The van der Waals surface area contributed by atoms with Crippen LogP contribution in [0.3, 0.4) is 0 Å². The molecule has 1 aromatic carbocycles. The molecule has 1 fully saturated rings. The molecule has 0 aromatic heterocycles. The van der Waals surface area contributed by atoms with Crippen molar-refractivity contribution in [3.05, 3.63) is 29.8 Å². The molecule has 1 aliphatic carbocycles. The van der Waals surface area contributed by atoms with Crippen molar-refractivity contribution in [3.63, 3.8) is 0 Å². The third-order valence-electron chi connectivity index (χ3n) is 2.89. The van der Waals surface area contributed by atoms with Gasteiger partial charge in [-0.15, -0.1) is 0 Å². The lowest BCUT2D eigenvalue weighted by Crippen LogP contribution is -2.19. The summed E-state index contributed by atoms with van der Waals surface area (Å²) in [5.74, 6) is 0.263. The number of hydrogen-bond acceptors (Lipinski definition) is 2. The highest BCUT2D eigenvalue weighted by Crippen LogP contribution is 2.32. The molecule has 1 aliphatic rings. The van der Waals surface area contributed by atoms with Gasteiger partial charge in [0.2, 0.25) is 0 Å². The van der Waals surface area contributed by atoms with Crippen molar-refractivity contribution in [2.45, 2.75) is 37.6 Å². The Morgan fingerprint density at radius 3 is 2.59 bits per heavy atom. The van der Waals surface area contributed by atoms with Gasteiger partial charge in [0.1, 0.15) is 11.9 Å². The number of ether oxygens (including phenoxy) is 1. The number of halogens is 3. The maximum atomic E-state index is 12.5. The standard InChI is InChI=1S/C12H14F3NO/c13-12(14,15)8-2-1-3-10(6-8)17-11-5-4-9(16)7-11/h1-3,6,9,11H,4-5,7,16H2/t9-,11+/m1/s1. The van der Waals surface area contributed by atoms with Crippen molar-refractivity contribution in [2.75, 3.05) is 0 Å². The second-order valence-corrected chi connectivity index (χ2v) is 4.34. The van der Waals surface area contributed by atoms with Crippen LogP contribution in [0.5, 0.6) is 5.75 Å². The molecule has 0 bridgehead atoms. The molecule has 17 heavy (non-hydrogen) atoms. The number of hydrogen-bond donors (Lipinski definition) is 1. The molecule has 2 nitrogen and oxygen atoms in total. The van der Waals surface area contributed by atoms with Gasteiger partial charge in [-0.25, -0.2) is 0 Å². The quantitative estimate of drug-likeness (QED) is 0.869. The van der Waals surface area contributed by atoms with Gasteiger partial charge in [-0.1, -0.05) is 6.07 Å². The molecule has 0 saturated heterocycles. The van der Waals surface area contributed by atoms with Crippen molar-refractivity contribution in [1.82, 2.24) is 0 Å². The van der Waals surface area contributed by atoms with Crippen molar-refractivity contribution >= 4 is 0 Å². The zero-order chi connectivity index (χ0) is 12.5. The van der Waals surface area contributed by atoms with E-state index in [-0.39, 0.29) is 17.9 Å². The smallest absolute Gasteiger partial charge is 0.416 e. The predicted octanol–water partition coefficient (Wildman–Crippen LogP) is 2.96. The van der Waals surface area contributed by atoms with E-state index in [0.717, 1.165) is 25.0 Å². The van der Waals surface area contributed by atoms with E-state index in [1.807, 2.05) is 0 Å². The van der Waals surface area contributed by atoms with Gasteiger partial charge < -0.3 is 10.5 Å². The van der Waals surface area contributed by atoms with Crippen LogP contribution < -0.4 is 10.5 Å². The first-order valence-electron chi connectivity index (χ1n) is 5.54. The van der Waals surface area contributed by atoms with Crippen LogP contribution in [0, 0.1) is 0 Å². The normalized spacial score (nSPS) is 24.9. The fourth-order valence-corrected chi connectivity index (χ4v) is 2.02. The average molecular weight is 245 g/mol. The van der Waals surface area contributed by atoms with Crippen molar-refractivity contribution < 1.29 is 17.9 Å².